The molecular weight excluding hydrogens is 276 g/mol. The van der Waals surface area contributed by atoms with E-state index in [1.165, 1.54) is 19.4 Å². The van der Waals surface area contributed by atoms with Gasteiger partial charge in [0.15, 0.2) is 0 Å². The summed E-state index contributed by atoms with van der Waals surface area (Å²) >= 11 is 0. The number of morpholine rings is 1. The summed E-state index contributed by atoms with van der Waals surface area (Å²) in [6, 6.07) is 0.680. The normalized spacial score (nSPS) is 34.2. The third-order valence-corrected chi connectivity index (χ3v) is 5.80. The second-order valence-electron chi connectivity index (χ2n) is 8.16. The Bertz CT molecular complexity index is 423. The first-order valence-electron chi connectivity index (χ1n) is 9.09. The fourth-order valence-corrected chi connectivity index (χ4v) is 4.44. The molecule has 2 spiro atoms. The lowest BCUT2D eigenvalue weighted by Crippen LogP contribution is -2.61. The number of nitrogens with zero attached hydrogens (tertiary/aromatic N) is 2. The third kappa shape index (κ3) is 2.92. The summed E-state index contributed by atoms with van der Waals surface area (Å²) < 4.78 is 6.46. The van der Waals surface area contributed by atoms with Crippen LogP contribution in [-0.4, -0.2) is 59.6 Å². The molecule has 0 unspecified atom stereocenters. The molecular formula is C18H32N2O2. The molecule has 3 aliphatic rings. The van der Waals surface area contributed by atoms with Gasteiger partial charge >= 0.3 is 0 Å². The first-order valence-corrected chi connectivity index (χ1v) is 9.09. The summed E-state index contributed by atoms with van der Waals surface area (Å²) in [7, 11) is 2.26. The van der Waals surface area contributed by atoms with Crippen LogP contribution in [0.25, 0.3) is 0 Å². The molecule has 0 aromatic rings. The minimum Gasteiger partial charge on any atom is -0.357 e. The van der Waals surface area contributed by atoms with Crippen LogP contribution in [-0.2, 0) is 9.53 Å². The highest BCUT2D eigenvalue weighted by atomic mass is 16.5. The molecule has 2 saturated carbocycles. The molecule has 0 N–H and O–H groups in total. The van der Waals surface area contributed by atoms with Gasteiger partial charge in [0.05, 0.1) is 5.60 Å². The van der Waals surface area contributed by atoms with E-state index in [1.54, 1.807) is 0 Å². The van der Waals surface area contributed by atoms with Gasteiger partial charge in [-0.2, -0.15) is 0 Å². The van der Waals surface area contributed by atoms with Gasteiger partial charge in [0.1, 0.15) is 5.60 Å². The van der Waals surface area contributed by atoms with E-state index in [-0.39, 0.29) is 11.5 Å². The number of hydrogen-bond donors (Lipinski definition) is 0. The molecule has 0 bridgehead atoms. The molecule has 0 aromatic heterocycles. The summed E-state index contributed by atoms with van der Waals surface area (Å²) in [6.07, 6.45) is 6.47. The van der Waals surface area contributed by atoms with Gasteiger partial charge < -0.3 is 14.5 Å². The van der Waals surface area contributed by atoms with Crippen LogP contribution in [0.4, 0.5) is 0 Å². The van der Waals surface area contributed by atoms with Crippen molar-refractivity contribution in [2.24, 2.45) is 5.92 Å². The third-order valence-electron chi connectivity index (χ3n) is 5.80. The summed E-state index contributed by atoms with van der Waals surface area (Å²) in [5.74, 6) is 0.967. The number of rotatable bonds is 4. The van der Waals surface area contributed by atoms with Gasteiger partial charge in [-0.1, -0.05) is 13.8 Å². The van der Waals surface area contributed by atoms with Crippen molar-refractivity contribution < 1.29 is 9.53 Å². The van der Waals surface area contributed by atoms with Gasteiger partial charge in [0, 0.05) is 25.7 Å². The molecule has 3 fully saturated rings. The summed E-state index contributed by atoms with van der Waals surface area (Å²) in [5.41, 5.74) is -0.486. The molecule has 0 aromatic carbocycles. The maximum absolute atomic E-state index is 12.5. The van der Waals surface area contributed by atoms with Crippen molar-refractivity contribution in [2.45, 2.75) is 76.5 Å². The molecule has 1 saturated heterocycles. The fourth-order valence-electron chi connectivity index (χ4n) is 4.44. The van der Waals surface area contributed by atoms with Crippen molar-refractivity contribution in [3.8, 4) is 0 Å². The molecule has 126 valence electrons. The number of likely N-dealkylation sites (N-methyl/N-ethyl adjacent to an activating group) is 1. The first kappa shape index (κ1) is 16.3. The topological polar surface area (TPSA) is 32.8 Å². The quantitative estimate of drug-likeness (QED) is 0.800. The molecule has 4 nitrogen and oxygen atoms in total. The molecule has 1 amide bonds. The Hall–Kier alpha value is -0.610. The van der Waals surface area contributed by atoms with Crippen LogP contribution in [0.1, 0.15) is 59.3 Å². The van der Waals surface area contributed by atoms with E-state index >= 15 is 0 Å². The zero-order valence-corrected chi connectivity index (χ0v) is 14.7. The van der Waals surface area contributed by atoms with Gasteiger partial charge in [-0.25, -0.2) is 0 Å². The van der Waals surface area contributed by atoms with Crippen molar-refractivity contribution in [1.29, 1.82) is 0 Å². The number of hydrogen-bond acceptors (Lipinski definition) is 3. The largest absolute Gasteiger partial charge is 0.357 e. The second-order valence-corrected chi connectivity index (χ2v) is 8.16. The van der Waals surface area contributed by atoms with Crippen molar-refractivity contribution in [3.05, 3.63) is 0 Å². The van der Waals surface area contributed by atoms with Gasteiger partial charge in [-0.05, 0) is 58.4 Å². The number of amides is 1. The van der Waals surface area contributed by atoms with Crippen LogP contribution in [0, 0.1) is 5.92 Å². The number of carbonyl (C=O) groups is 1. The van der Waals surface area contributed by atoms with E-state index in [0.717, 1.165) is 44.7 Å². The Balaban J connectivity index is 1.63. The standard InChI is InChI=1S/C18H32N2O2/c1-5-20-13-17(22-18(10-11-18)16(20)21)8-6-15(7-9-17)19(4)12-14(2)3/h14-15H,5-13H2,1-4H3. The first-order chi connectivity index (χ1) is 10.4. The Morgan fingerprint density at radius 3 is 2.41 bits per heavy atom. The smallest absolute Gasteiger partial charge is 0.254 e. The van der Waals surface area contributed by atoms with E-state index in [9.17, 15) is 4.79 Å². The van der Waals surface area contributed by atoms with Gasteiger partial charge in [0.2, 0.25) is 0 Å². The zero-order chi connectivity index (χ0) is 16.0. The minimum absolute atomic E-state index is 0.0599. The van der Waals surface area contributed by atoms with Gasteiger partial charge in [0.25, 0.3) is 5.91 Å². The van der Waals surface area contributed by atoms with Crippen molar-refractivity contribution in [3.63, 3.8) is 0 Å². The molecule has 22 heavy (non-hydrogen) atoms. The number of carbonyl (C=O) groups excluding carboxylic acids is 1. The monoisotopic (exact) mass is 308 g/mol. The predicted molar refractivity (Wildman–Crippen MR) is 87.8 cm³/mol. The lowest BCUT2D eigenvalue weighted by atomic mass is 9.79. The van der Waals surface area contributed by atoms with Crippen LogP contribution < -0.4 is 0 Å². The Morgan fingerprint density at radius 1 is 1.27 bits per heavy atom. The average Bonchev–Trinajstić information content (AvgIpc) is 3.23. The van der Waals surface area contributed by atoms with Crippen LogP contribution in [0.15, 0.2) is 0 Å². The fraction of sp³-hybridized carbons (Fsp3) is 0.944. The summed E-state index contributed by atoms with van der Waals surface area (Å²) in [5, 5.41) is 0. The van der Waals surface area contributed by atoms with Gasteiger partial charge in [-0.15, -0.1) is 0 Å². The van der Waals surface area contributed by atoms with Crippen LogP contribution in [0.3, 0.4) is 0 Å². The molecule has 3 rings (SSSR count). The van der Waals surface area contributed by atoms with E-state index in [4.69, 9.17) is 4.74 Å². The molecule has 0 atom stereocenters. The highest BCUT2D eigenvalue weighted by Gasteiger charge is 2.61. The lowest BCUT2D eigenvalue weighted by Gasteiger charge is -2.50. The van der Waals surface area contributed by atoms with E-state index < -0.39 is 5.60 Å². The Kier molecular flexibility index (Phi) is 4.28. The molecule has 1 heterocycles. The Morgan fingerprint density at radius 2 is 1.91 bits per heavy atom. The average molecular weight is 308 g/mol. The lowest BCUT2D eigenvalue weighted by molar-refractivity contribution is -0.199. The zero-order valence-electron chi connectivity index (χ0n) is 14.7. The van der Waals surface area contributed by atoms with Crippen LogP contribution in [0.2, 0.25) is 0 Å². The van der Waals surface area contributed by atoms with E-state index in [2.05, 4.69) is 37.6 Å². The number of ether oxygens (including phenoxy) is 1. The van der Waals surface area contributed by atoms with Crippen LogP contribution >= 0.6 is 0 Å². The van der Waals surface area contributed by atoms with E-state index in [0.29, 0.717) is 6.04 Å². The van der Waals surface area contributed by atoms with Crippen molar-refractivity contribution in [2.75, 3.05) is 26.7 Å². The maximum atomic E-state index is 12.5. The summed E-state index contributed by atoms with van der Waals surface area (Å²) in [4.78, 5) is 17.0. The minimum atomic E-state index is -0.426. The molecule has 0 radical (unpaired) electrons. The van der Waals surface area contributed by atoms with Crippen LogP contribution in [0.5, 0.6) is 0 Å². The SMILES string of the molecule is CCN1CC2(CCC(N(C)CC(C)C)CC2)OC2(CC2)C1=O. The molecule has 4 heteroatoms. The molecule has 2 aliphatic carbocycles. The van der Waals surface area contributed by atoms with Gasteiger partial charge in [-0.3, -0.25) is 4.79 Å². The highest BCUT2D eigenvalue weighted by Crippen LogP contribution is 2.51. The second kappa shape index (κ2) is 5.79. The van der Waals surface area contributed by atoms with E-state index in [1.807, 2.05) is 0 Å². The maximum Gasteiger partial charge on any atom is 0.254 e. The predicted octanol–water partition coefficient (Wildman–Crippen LogP) is 2.67. The molecule has 1 aliphatic heterocycles. The summed E-state index contributed by atoms with van der Waals surface area (Å²) in [6.45, 7) is 9.46. The Labute approximate surface area is 135 Å². The highest BCUT2D eigenvalue weighted by molar-refractivity contribution is 5.89. The van der Waals surface area contributed by atoms with Crippen molar-refractivity contribution in [1.82, 2.24) is 9.80 Å². The van der Waals surface area contributed by atoms with Crippen molar-refractivity contribution >= 4 is 5.91 Å².